The SMILES string of the molecule is CC1CCc2ccccc2N1Cc1ccc(C(=O)NN)s1. The molecular formula is C16H19N3OS. The number of thiophene rings is 1. The van der Waals surface area contributed by atoms with Crippen molar-refractivity contribution in [2.75, 3.05) is 4.90 Å². The number of fused-ring (bicyclic) bond motifs is 1. The zero-order chi connectivity index (χ0) is 14.8. The van der Waals surface area contributed by atoms with E-state index in [1.165, 1.54) is 33.9 Å². The Hall–Kier alpha value is -1.85. The Kier molecular flexibility index (Phi) is 3.94. The van der Waals surface area contributed by atoms with Gasteiger partial charge in [-0.25, -0.2) is 5.84 Å². The van der Waals surface area contributed by atoms with Crippen LogP contribution >= 0.6 is 11.3 Å². The van der Waals surface area contributed by atoms with Crippen LogP contribution < -0.4 is 16.2 Å². The van der Waals surface area contributed by atoms with Gasteiger partial charge in [-0.05, 0) is 43.5 Å². The van der Waals surface area contributed by atoms with Crippen LogP contribution in [0.4, 0.5) is 5.69 Å². The first kappa shape index (κ1) is 14.1. The second kappa shape index (κ2) is 5.87. The zero-order valence-electron chi connectivity index (χ0n) is 12.0. The van der Waals surface area contributed by atoms with Gasteiger partial charge in [0, 0.05) is 16.6 Å². The summed E-state index contributed by atoms with van der Waals surface area (Å²) in [5.41, 5.74) is 4.90. The molecular weight excluding hydrogens is 282 g/mol. The highest BCUT2D eigenvalue weighted by molar-refractivity contribution is 7.14. The molecule has 1 aromatic carbocycles. The van der Waals surface area contributed by atoms with Gasteiger partial charge in [-0.1, -0.05) is 18.2 Å². The van der Waals surface area contributed by atoms with E-state index in [-0.39, 0.29) is 5.91 Å². The molecule has 2 heterocycles. The maximum atomic E-state index is 11.5. The van der Waals surface area contributed by atoms with Crippen LogP contribution in [0, 0.1) is 0 Å². The molecule has 1 aromatic heterocycles. The van der Waals surface area contributed by atoms with Gasteiger partial charge in [0.05, 0.1) is 11.4 Å². The molecule has 0 saturated carbocycles. The summed E-state index contributed by atoms with van der Waals surface area (Å²) in [5, 5.41) is 0. The van der Waals surface area contributed by atoms with Crippen molar-refractivity contribution in [3.8, 4) is 0 Å². The summed E-state index contributed by atoms with van der Waals surface area (Å²) in [6.45, 7) is 3.09. The lowest BCUT2D eigenvalue weighted by Gasteiger charge is -2.36. The number of nitrogen functional groups attached to an aromatic ring is 1. The van der Waals surface area contributed by atoms with Crippen LogP contribution in [0.15, 0.2) is 36.4 Å². The predicted octanol–water partition coefficient (Wildman–Crippen LogP) is 2.69. The summed E-state index contributed by atoms with van der Waals surface area (Å²) in [5.74, 6) is 4.96. The molecule has 0 saturated heterocycles. The van der Waals surface area contributed by atoms with Crippen molar-refractivity contribution in [1.29, 1.82) is 0 Å². The molecule has 3 rings (SSSR count). The monoisotopic (exact) mass is 301 g/mol. The smallest absolute Gasteiger partial charge is 0.275 e. The Balaban J connectivity index is 1.84. The van der Waals surface area contributed by atoms with Crippen molar-refractivity contribution in [2.24, 2.45) is 5.84 Å². The Morgan fingerprint density at radius 1 is 1.38 bits per heavy atom. The van der Waals surface area contributed by atoms with Gasteiger partial charge in [-0.3, -0.25) is 10.2 Å². The van der Waals surface area contributed by atoms with E-state index in [1.807, 2.05) is 12.1 Å². The molecule has 0 bridgehead atoms. The maximum absolute atomic E-state index is 11.5. The molecule has 3 N–H and O–H groups in total. The Bertz CT molecular complexity index is 652. The second-order valence-electron chi connectivity index (χ2n) is 5.38. The van der Waals surface area contributed by atoms with Gasteiger partial charge in [0.15, 0.2) is 0 Å². The highest BCUT2D eigenvalue weighted by Gasteiger charge is 2.23. The standard InChI is InChI=1S/C16H19N3OS/c1-11-6-7-12-4-2-3-5-14(12)19(11)10-13-8-9-15(21-13)16(20)18-17/h2-5,8-9,11H,6-7,10,17H2,1H3,(H,18,20). The summed E-state index contributed by atoms with van der Waals surface area (Å²) in [6, 6.07) is 12.9. The minimum absolute atomic E-state index is 0.224. The third-order valence-electron chi connectivity index (χ3n) is 4.01. The fraction of sp³-hybridized carbons (Fsp3) is 0.312. The van der Waals surface area contributed by atoms with Gasteiger partial charge in [0.2, 0.25) is 0 Å². The molecule has 1 atom stereocenters. The average molecular weight is 301 g/mol. The van der Waals surface area contributed by atoms with Gasteiger partial charge in [0.1, 0.15) is 0 Å². The molecule has 1 aliphatic rings. The summed E-state index contributed by atoms with van der Waals surface area (Å²) in [7, 11) is 0. The molecule has 21 heavy (non-hydrogen) atoms. The molecule has 0 aliphatic carbocycles. The highest BCUT2D eigenvalue weighted by Crippen LogP contribution is 2.32. The molecule has 1 unspecified atom stereocenters. The molecule has 1 aliphatic heterocycles. The van der Waals surface area contributed by atoms with Crippen molar-refractivity contribution in [2.45, 2.75) is 32.4 Å². The second-order valence-corrected chi connectivity index (χ2v) is 6.55. The number of aryl methyl sites for hydroxylation is 1. The largest absolute Gasteiger partial charge is 0.363 e. The molecule has 0 fully saturated rings. The molecule has 5 heteroatoms. The topological polar surface area (TPSA) is 58.4 Å². The first-order chi connectivity index (χ1) is 10.2. The normalized spacial score (nSPS) is 17.4. The summed E-state index contributed by atoms with van der Waals surface area (Å²) >= 11 is 1.50. The van der Waals surface area contributed by atoms with Crippen LogP contribution in [-0.2, 0) is 13.0 Å². The van der Waals surface area contributed by atoms with E-state index in [0.29, 0.717) is 10.9 Å². The highest BCUT2D eigenvalue weighted by atomic mass is 32.1. The van der Waals surface area contributed by atoms with Crippen LogP contribution in [0.3, 0.4) is 0 Å². The molecule has 2 aromatic rings. The number of rotatable bonds is 3. The number of hydrogen-bond acceptors (Lipinski definition) is 4. The van der Waals surface area contributed by atoms with E-state index in [9.17, 15) is 4.79 Å². The van der Waals surface area contributed by atoms with Crippen LogP contribution in [0.5, 0.6) is 0 Å². The van der Waals surface area contributed by atoms with Gasteiger partial charge < -0.3 is 4.90 Å². The summed E-state index contributed by atoms with van der Waals surface area (Å²) in [4.78, 5) is 15.8. The van der Waals surface area contributed by atoms with E-state index in [1.54, 1.807) is 0 Å². The number of carbonyl (C=O) groups excluding carboxylic acids is 1. The molecule has 0 spiro atoms. The fourth-order valence-electron chi connectivity index (χ4n) is 2.83. The summed E-state index contributed by atoms with van der Waals surface area (Å²) in [6.07, 6.45) is 2.30. The lowest BCUT2D eigenvalue weighted by molar-refractivity contribution is 0.0957. The van der Waals surface area contributed by atoms with Gasteiger partial charge >= 0.3 is 0 Å². The first-order valence-electron chi connectivity index (χ1n) is 7.13. The van der Waals surface area contributed by atoms with E-state index < -0.39 is 0 Å². The average Bonchev–Trinajstić information content (AvgIpc) is 2.98. The minimum atomic E-state index is -0.224. The number of nitrogens with zero attached hydrogens (tertiary/aromatic N) is 1. The number of amides is 1. The number of para-hydroxylation sites is 1. The van der Waals surface area contributed by atoms with Crippen molar-refractivity contribution < 1.29 is 4.79 Å². The van der Waals surface area contributed by atoms with Crippen molar-refractivity contribution >= 4 is 22.9 Å². The molecule has 4 nitrogen and oxygen atoms in total. The van der Waals surface area contributed by atoms with E-state index >= 15 is 0 Å². The third-order valence-corrected chi connectivity index (χ3v) is 5.08. The van der Waals surface area contributed by atoms with Crippen LogP contribution in [0.2, 0.25) is 0 Å². The minimum Gasteiger partial charge on any atom is -0.363 e. The zero-order valence-corrected chi connectivity index (χ0v) is 12.8. The first-order valence-corrected chi connectivity index (χ1v) is 7.95. The lowest BCUT2D eigenvalue weighted by Crippen LogP contribution is -2.36. The summed E-state index contributed by atoms with van der Waals surface area (Å²) < 4.78 is 0. The van der Waals surface area contributed by atoms with Crippen LogP contribution in [-0.4, -0.2) is 11.9 Å². The van der Waals surface area contributed by atoms with Gasteiger partial charge in [-0.2, -0.15) is 0 Å². The quantitative estimate of drug-likeness (QED) is 0.520. The molecule has 110 valence electrons. The predicted molar refractivity (Wildman–Crippen MR) is 86.4 cm³/mol. The number of nitrogens with two attached hydrogens (primary N) is 1. The lowest BCUT2D eigenvalue weighted by atomic mass is 9.96. The molecule has 0 radical (unpaired) electrons. The van der Waals surface area contributed by atoms with Gasteiger partial charge in [-0.15, -0.1) is 11.3 Å². The Labute approximate surface area is 128 Å². The van der Waals surface area contributed by atoms with Crippen molar-refractivity contribution in [3.63, 3.8) is 0 Å². The van der Waals surface area contributed by atoms with Crippen LogP contribution in [0.1, 0.15) is 33.5 Å². The van der Waals surface area contributed by atoms with E-state index in [0.717, 1.165) is 13.0 Å². The fourth-order valence-corrected chi connectivity index (χ4v) is 3.73. The molecule has 1 amide bonds. The Morgan fingerprint density at radius 2 is 2.19 bits per heavy atom. The Morgan fingerprint density at radius 3 is 3.00 bits per heavy atom. The van der Waals surface area contributed by atoms with E-state index in [4.69, 9.17) is 5.84 Å². The van der Waals surface area contributed by atoms with Crippen molar-refractivity contribution in [1.82, 2.24) is 5.43 Å². The van der Waals surface area contributed by atoms with Crippen LogP contribution in [0.25, 0.3) is 0 Å². The third kappa shape index (κ3) is 2.80. The number of hydrogen-bond donors (Lipinski definition) is 2. The number of carbonyl (C=O) groups is 1. The van der Waals surface area contributed by atoms with E-state index in [2.05, 4.69) is 41.5 Å². The number of nitrogens with one attached hydrogen (secondary N) is 1. The number of hydrazine groups is 1. The number of benzene rings is 1. The van der Waals surface area contributed by atoms with Gasteiger partial charge in [0.25, 0.3) is 5.91 Å². The van der Waals surface area contributed by atoms with Crippen molar-refractivity contribution in [3.05, 3.63) is 51.7 Å². The number of anilines is 1. The maximum Gasteiger partial charge on any atom is 0.275 e.